The highest BCUT2D eigenvalue weighted by Gasteiger charge is 2.35. The molecule has 0 aromatic carbocycles. The molecule has 3 rings (SSSR count). The number of aryl methyl sites for hydroxylation is 1. The minimum Gasteiger partial charge on any atom is -0.368 e. The Morgan fingerprint density at radius 3 is 3.05 bits per heavy atom. The van der Waals surface area contributed by atoms with Crippen LogP contribution >= 0.6 is 11.3 Å². The van der Waals surface area contributed by atoms with Gasteiger partial charge in [-0.15, -0.1) is 11.3 Å². The fraction of sp³-hybridized carbons (Fsp3) is 0.812. The van der Waals surface area contributed by atoms with E-state index >= 15 is 0 Å². The maximum absolute atomic E-state index is 6.07. The van der Waals surface area contributed by atoms with Crippen molar-refractivity contribution in [3.63, 3.8) is 0 Å². The van der Waals surface area contributed by atoms with E-state index in [-0.39, 0.29) is 5.60 Å². The fourth-order valence-corrected chi connectivity index (χ4v) is 4.56. The van der Waals surface area contributed by atoms with E-state index in [1.165, 1.54) is 54.1 Å². The Kier molecular flexibility index (Phi) is 4.43. The molecule has 4 heteroatoms. The molecule has 3 nitrogen and oxygen atoms in total. The van der Waals surface area contributed by atoms with Crippen LogP contribution in [0.4, 0.5) is 0 Å². The van der Waals surface area contributed by atoms with Crippen LogP contribution in [-0.4, -0.2) is 18.1 Å². The van der Waals surface area contributed by atoms with Crippen LogP contribution in [0.5, 0.6) is 0 Å². The summed E-state index contributed by atoms with van der Waals surface area (Å²) in [5, 5.41) is 4.87. The molecule has 1 fully saturated rings. The second-order valence-corrected chi connectivity index (χ2v) is 7.35. The van der Waals surface area contributed by atoms with Crippen molar-refractivity contribution >= 4 is 11.3 Å². The third-order valence-corrected chi connectivity index (χ3v) is 5.89. The van der Waals surface area contributed by atoms with Crippen molar-refractivity contribution in [2.45, 2.75) is 70.4 Å². The van der Waals surface area contributed by atoms with Crippen molar-refractivity contribution in [3.05, 3.63) is 15.6 Å². The summed E-state index contributed by atoms with van der Waals surface area (Å²) in [6, 6.07) is 0.468. The van der Waals surface area contributed by atoms with E-state index in [2.05, 4.69) is 19.2 Å². The molecule has 2 aliphatic rings. The molecule has 0 amide bonds. The molecule has 0 radical (unpaired) electrons. The number of hydrogen-bond acceptors (Lipinski definition) is 4. The van der Waals surface area contributed by atoms with Gasteiger partial charge < -0.3 is 10.1 Å². The Hall–Kier alpha value is -0.450. The van der Waals surface area contributed by atoms with Gasteiger partial charge in [0.2, 0.25) is 0 Å². The van der Waals surface area contributed by atoms with Gasteiger partial charge in [-0.1, -0.05) is 6.92 Å². The second-order valence-electron chi connectivity index (χ2n) is 6.26. The molecular formula is C16H26N2OS. The lowest BCUT2D eigenvalue weighted by Gasteiger charge is -2.31. The van der Waals surface area contributed by atoms with Gasteiger partial charge in [0.15, 0.2) is 0 Å². The van der Waals surface area contributed by atoms with Crippen LogP contribution < -0.4 is 5.32 Å². The van der Waals surface area contributed by atoms with E-state index in [4.69, 9.17) is 9.72 Å². The molecule has 2 atom stereocenters. The molecule has 1 aromatic rings. The van der Waals surface area contributed by atoms with E-state index in [0.717, 1.165) is 19.6 Å². The predicted octanol–water partition coefficient (Wildman–Crippen LogP) is 3.94. The average molecular weight is 294 g/mol. The maximum atomic E-state index is 6.07. The minimum absolute atomic E-state index is 0.129. The van der Waals surface area contributed by atoms with Crippen LogP contribution in [-0.2, 0) is 16.8 Å². The topological polar surface area (TPSA) is 34.1 Å². The molecule has 1 N–H and O–H groups in total. The van der Waals surface area contributed by atoms with E-state index in [0.29, 0.717) is 6.04 Å². The van der Waals surface area contributed by atoms with Crippen LogP contribution in [0.3, 0.4) is 0 Å². The van der Waals surface area contributed by atoms with Crippen LogP contribution in [0.2, 0.25) is 0 Å². The summed E-state index contributed by atoms with van der Waals surface area (Å²) in [5.41, 5.74) is 1.19. The largest absolute Gasteiger partial charge is 0.368 e. The van der Waals surface area contributed by atoms with E-state index in [1.54, 1.807) is 0 Å². The van der Waals surface area contributed by atoms with E-state index in [1.807, 2.05) is 11.3 Å². The number of nitrogens with one attached hydrogen (secondary N) is 1. The molecule has 1 aromatic heterocycles. The van der Waals surface area contributed by atoms with Crippen LogP contribution in [0, 0.1) is 0 Å². The molecule has 1 aliphatic heterocycles. The van der Waals surface area contributed by atoms with Crippen LogP contribution in [0.25, 0.3) is 0 Å². The summed E-state index contributed by atoms with van der Waals surface area (Å²) in [4.78, 5) is 6.51. The van der Waals surface area contributed by atoms with Gasteiger partial charge in [-0.2, -0.15) is 0 Å². The van der Waals surface area contributed by atoms with Gasteiger partial charge in [0, 0.05) is 11.5 Å². The Balaban J connectivity index is 1.83. The number of nitrogens with zero attached hydrogens (tertiary/aromatic N) is 1. The number of ether oxygens (including phenoxy) is 1. The molecule has 20 heavy (non-hydrogen) atoms. The fourth-order valence-electron chi connectivity index (χ4n) is 3.26. The zero-order valence-electron chi connectivity index (χ0n) is 12.7. The molecule has 0 saturated carbocycles. The zero-order valence-corrected chi connectivity index (χ0v) is 13.5. The van der Waals surface area contributed by atoms with Gasteiger partial charge >= 0.3 is 0 Å². The quantitative estimate of drug-likeness (QED) is 0.913. The summed E-state index contributed by atoms with van der Waals surface area (Å²) in [6.07, 6.45) is 8.48. The highest BCUT2D eigenvalue weighted by molar-refractivity contribution is 7.11. The normalized spacial score (nSPS) is 30.2. The number of hydrogen-bond donors (Lipinski definition) is 1. The van der Waals surface area contributed by atoms with Crippen LogP contribution in [0.15, 0.2) is 0 Å². The molecule has 2 unspecified atom stereocenters. The summed E-state index contributed by atoms with van der Waals surface area (Å²) >= 11 is 1.90. The summed E-state index contributed by atoms with van der Waals surface area (Å²) in [6.45, 7) is 6.42. The number of thiazole rings is 1. The molecule has 1 aliphatic carbocycles. The van der Waals surface area contributed by atoms with Gasteiger partial charge in [0.05, 0.1) is 11.7 Å². The maximum Gasteiger partial charge on any atom is 0.125 e. The van der Waals surface area contributed by atoms with Crippen LogP contribution in [0.1, 0.15) is 74.0 Å². The zero-order chi connectivity index (χ0) is 14.0. The lowest BCUT2D eigenvalue weighted by atomic mass is 9.95. The summed E-state index contributed by atoms with van der Waals surface area (Å²) in [7, 11) is 0. The number of rotatable bonds is 4. The second kappa shape index (κ2) is 6.12. The Morgan fingerprint density at radius 1 is 1.40 bits per heavy atom. The monoisotopic (exact) mass is 294 g/mol. The molecule has 0 bridgehead atoms. The minimum atomic E-state index is -0.129. The van der Waals surface area contributed by atoms with Crippen molar-refractivity contribution in [1.29, 1.82) is 0 Å². The SMILES string of the molecule is CCCNC1CCCc2sc(C3(C)CCCCO3)nc21. The lowest BCUT2D eigenvalue weighted by molar-refractivity contribution is -0.0703. The van der Waals surface area contributed by atoms with Crippen molar-refractivity contribution in [1.82, 2.24) is 10.3 Å². The third kappa shape index (κ3) is 2.78. The van der Waals surface area contributed by atoms with E-state index < -0.39 is 0 Å². The molecule has 112 valence electrons. The van der Waals surface area contributed by atoms with Crippen molar-refractivity contribution in [2.24, 2.45) is 0 Å². The van der Waals surface area contributed by atoms with Gasteiger partial charge in [0.1, 0.15) is 10.6 Å². The van der Waals surface area contributed by atoms with Gasteiger partial charge in [-0.05, 0) is 58.4 Å². The van der Waals surface area contributed by atoms with Gasteiger partial charge in [0.25, 0.3) is 0 Å². The number of aromatic nitrogens is 1. The summed E-state index contributed by atoms with van der Waals surface area (Å²) < 4.78 is 6.07. The van der Waals surface area contributed by atoms with Crippen molar-refractivity contribution in [2.75, 3.05) is 13.2 Å². The predicted molar refractivity (Wildman–Crippen MR) is 83.2 cm³/mol. The number of fused-ring (bicyclic) bond motifs is 1. The third-order valence-electron chi connectivity index (χ3n) is 4.52. The first-order valence-corrected chi connectivity index (χ1v) is 8.92. The highest BCUT2D eigenvalue weighted by atomic mass is 32.1. The Labute approximate surface area is 126 Å². The molecule has 1 saturated heterocycles. The average Bonchev–Trinajstić information content (AvgIpc) is 2.91. The standard InChI is InChI=1S/C16H26N2OS/c1-3-10-17-12-7-6-8-13-14(12)18-15(20-13)16(2)9-4-5-11-19-16/h12,17H,3-11H2,1-2H3. The van der Waals surface area contributed by atoms with Gasteiger partial charge in [-0.25, -0.2) is 4.98 Å². The summed E-state index contributed by atoms with van der Waals surface area (Å²) in [5.74, 6) is 0. The van der Waals surface area contributed by atoms with Crippen molar-refractivity contribution < 1.29 is 4.74 Å². The first kappa shape index (κ1) is 14.5. The Morgan fingerprint density at radius 2 is 2.30 bits per heavy atom. The highest BCUT2D eigenvalue weighted by Crippen LogP contribution is 2.41. The van der Waals surface area contributed by atoms with E-state index in [9.17, 15) is 0 Å². The molecule has 2 heterocycles. The molecular weight excluding hydrogens is 268 g/mol. The molecule has 0 spiro atoms. The lowest BCUT2D eigenvalue weighted by Crippen LogP contribution is -2.30. The smallest absolute Gasteiger partial charge is 0.125 e. The first-order chi connectivity index (χ1) is 9.73. The van der Waals surface area contributed by atoms with Gasteiger partial charge in [-0.3, -0.25) is 0 Å². The Bertz CT molecular complexity index is 451. The first-order valence-electron chi connectivity index (χ1n) is 8.10. The van der Waals surface area contributed by atoms with Crippen molar-refractivity contribution in [3.8, 4) is 0 Å².